The van der Waals surface area contributed by atoms with E-state index >= 15 is 0 Å². The number of carbonyl (C=O) groups is 1. The van der Waals surface area contributed by atoms with E-state index in [-0.39, 0.29) is 5.91 Å². The molecule has 0 N–H and O–H groups in total. The van der Waals surface area contributed by atoms with E-state index < -0.39 is 0 Å². The van der Waals surface area contributed by atoms with Crippen molar-refractivity contribution in [2.45, 2.75) is 45.4 Å². The third-order valence-corrected chi connectivity index (χ3v) is 5.33. The number of thiophene rings is 1. The Balaban J connectivity index is 1.50. The van der Waals surface area contributed by atoms with Crippen LogP contribution in [0.3, 0.4) is 0 Å². The van der Waals surface area contributed by atoms with Crippen LogP contribution in [0.2, 0.25) is 0 Å². The van der Waals surface area contributed by atoms with Gasteiger partial charge < -0.3 is 9.42 Å². The van der Waals surface area contributed by atoms with E-state index in [1.54, 1.807) is 11.3 Å². The van der Waals surface area contributed by atoms with E-state index in [1.165, 1.54) is 5.56 Å². The molecule has 3 heterocycles. The standard InChI is InChI=1S/C17H22N2O2S/c1-12-16(13(2)21-18-12)3-4-17(20)19-8-5-14(6-9-19)15-7-10-22-11-15/h7,10-11,14H,3-6,8-9H2,1-2H3. The van der Waals surface area contributed by atoms with Crippen molar-refractivity contribution >= 4 is 17.2 Å². The summed E-state index contributed by atoms with van der Waals surface area (Å²) in [5, 5.41) is 8.32. The number of rotatable bonds is 4. The molecule has 1 aliphatic rings. The lowest BCUT2D eigenvalue weighted by atomic mass is 9.91. The normalized spacial score (nSPS) is 16.2. The molecule has 0 saturated carbocycles. The average molecular weight is 318 g/mol. The van der Waals surface area contributed by atoms with Gasteiger partial charge in [-0.1, -0.05) is 5.16 Å². The fourth-order valence-corrected chi connectivity index (χ4v) is 3.96. The molecular weight excluding hydrogens is 296 g/mol. The smallest absolute Gasteiger partial charge is 0.222 e. The molecule has 118 valence electrons. The lowest BCUT2D eigenvalue weighted by Crippen LogP contribution is -2.38. The zero-order valence-corrected chi connectivity index (χ0v) is 14.0. The van der Waals surface area contributed by atoms with Gasteiger partial charge in [-0.2, -0.15) is 11.3 Å². The van der Waals surface area contributed by atoms with Crippen LogP contribution in [0.5, 0.6) is 0 Å². The van der Waals surface area contributed by atoms with Gasteiger partial charge >= 0.3 is 0 Å². The molecular formula is C17H22N2O2S. The maximum Gasteiger partial charge on any atom is 0.222 e. The molecule has 0 radical (unpaired) electrons. The summed E-state index contributed by atoms with van der Waals surface area (Å²) in [7, 11) is 0. The number of hydrogen-bond acceptors (Lipinski definition) is 4. The molecule has 0 aromatic carbocycles. The minimum absolute atomic E-state index is 0.253. The minimum atomic E-state index is 0.253. The van der Waals surface area contributed by atoms with Crippen molar-refractivity contribution in [3.8, 4) is 0 Å². The molecule has 2 aromatic heterocycles. The van der Waals surface area contributed by atoms with E-state index in [4.69, 9.17) is 4.52 Å². The van der Waals surface area contributed by atoms with E-state index in [1.807, 2.05) is 18.7 Å². The first-order valence-electron chi connectivity index (χ1n) is 7.86. The van der Waals surface area contributed by atoms with Gasteiger partial charge in [0, 0.05) is 25.1 Å². The summed E-state index contributed by atoms with van der Waals surface area (Å²) >= 11 is 1.75. The van der Waals surface area contributed by atoms with Gasteiger partial charge in [0.15, 0.2) is 0 Å². The molecule has 1 aliphatic heterocycles. The number of aryl methyl sites for hydroxylation is 2. The highest BCUT2D eigenvalue weighted by Crippen LogP contribution is 2.29. The molecule has 5 heteroatoms. The quantitative estimate of drug-likeness (QED) is 0.863. The second kappa shape index (κ2) is 6.65. The van der Waals surface area contributed by atoms with Crippen LogP contribution in [0.4, 0.5) is 0 Å². The molecule has 1 saturated heterocycles. The number of carbonyl (C=O) groups excluding carboxylic acids is 1. The summed E-state index contributed by atoms with van der Waals surface area (Å²) in [6.07, 6.45) is 3.43. The third kappa shape index (κ3) is 3.24. The molecule has 0 unspecified atom stereocenters. The summed E-state index contributed by atoms with van der Waals surface area (Å²) in [6, 6.07) is 2.21. The largest absolute Gasteiger partial charge is 0.361 e. The lowest BCUT2D eigenvalue weighted by molar-refractivity contribution is -0.132. The third-order valence-electron chi connectivity index (χ3n) is 4.63. The van der Waals surface area contributed by atoms with Crippen LogP contribution in [-0.2, 0) is 11.2 Å². The number of hydrogen-bond donors (Lipinski definition) is 0. The maximum absolute atomic E-state index is 12.4. The molecule has 0 bridgehead atoms. The fraction of sp³-hybridized carbons (Fsp3) is 0.529. The Morgan fingerprint density at radius 3 is 2.77 bits per heavy atom. The van der Waals surface area contributed by atoms with E-state index in [0.29, 0.717) is 12.3 Å². The second-order valence-electron chi connectivity index (χ2n) is 6.01. The molecule has 0 spiro atoms. The Morgan fingerprint density at radius 2 is 2.18 bits per heavy atom. The highest BCUT2D eigenvalue weighted by atomic mass is 32.1. The van der Waals surface area contributed by atoms with E-state index in [0.717, 1.165) is 49.4 Å². The fourth-order valence-electron chi connectivity index (χ4n) is 3.22. The lowest BCUT2D eigenvalue weighted by Gasteiger charge is -2.32. The zero-order valence-electron chi connectivity index (χ0n) is 13.2. The molecule has 0 atom stereocenters. The Labute approximate surface area is 135 Å². The van der Waals surface area contributed by atoms with Crippen molar-refractivity contribution in [1.29, 1.82) is 0 Å². The minimum Gasteiger partial charge on any atom is -0.361 e. The maximum atomic E-state index is 12.4. The van der Waals surface area contributed by atoms with Gasteiger partial charge in [-0.25, -0.2) is 0 Å². The summed E-state index contributed by atoms with van der Waals surface area (Å²) < 4.78 is 5.15. The van der Waals surface area contributed by atoms with Crippen molar-refractivity contribution in [1.82, 2.24) is 10.1 Å². The van der Waals surface area contributed by atoms with Gasteiger partial charge in [0.05, 0.1) is 5.69 Å². The van der Waals surface area contributed by atoms with Crippen LogP contribution in [0, 0.1) is 13.8 Å². The topological polar surface area (TPSA) is 46.3 Å². The predicted octanol–water partition coefficient (Wildman–Crippen LogP) is 3.69. The molecule has 22 heavy (non-hydrogen) atoms. The van der Waals surface area contributed by atoms with Crippen molar-refractivity contribution < 1.29 is 9.32 Å². The van der Waals surface area contributed by atoms with Gasteiger partial charge in [0.1, 0.15) is 5.76 Å². The Morgan fingerprint density at radius 1 is 1.41 bits per heavy atom. The highest BCUT2D eigenvalue weighted by molar-refractivity contribution is 7.07. The number of likely N-dealkylation sites (tertiary alicyclic amines) is 1. The van der Waals surface area contributed by atoms with Crippen LogP contribution in [0.1, 0.15) is 47.8 Å². The first-order valence-corrected chi connectivity index (χ1v) is 8.81. The molecule has 1 fully saturated rings. The SMILES string of the molecule is Cc1noc(C)c1CCC(=O)N1CCC(c2ccsc2)CC1. The summed E-state index contributed by atoms with van der Waals surface area (Å²) in [4.78, 5) is 14.4. The van der Waals surface area contributed by atoms with Gasteiger partial charge in [-0.15, -0.1) is 0 Å². The van der Waals surface area contributed by atoms with Gasteiger partial charge in [-0.3, -0.25) is 4.79 Å². The van der Waals surface area contributed by atoms with Crippen LogP contribution in [0.15, 0.2) is 21.3 Å². The molecule has 0 aliphatic carbocycles. The van der Waals surface area contributed by atoms with Crippen LogP contribution >= 0.6 is 11.3 Å². The number of amides is 1. The number of aromatic nitrogens is 1. The zero-order chi connectivity index (χ0) is 15.5. The first kappa shape index (κ1) is 15.3. The Kier molecular flexibility index (Phi) is 4.62. The highest BCUT2D eigenvalue weighted by Gasteiger charge is 2.24. The summed E-state index contributed by atoms with van der Waals surface area (Å²) in [6.45, 7) is 5.59. The average Bonchev–Trinajstić information content (AvgIpc) is 3.17. The number of piperidine rings is 1. The first-order chi connectivity index (χ1) is 10.6. The molecule has 1 amide bonds. The Hall–Kier alpha value is -1.62. The van der Waals surface area contributed by atoms with Gasteiger partial charge in [0.25, 0.3) is 0 Å². The summed E-state index contributed by atoms with van der Waals surface area (Å²) in [5.41, 5.74) is 3.43. The molecule has 3 rings (SSSR count). The van der Waals surface area contributed by atoms with E-state index in [2.05, 4.69) is 22.0 Å². The van der Waals surface area contributed by atoms with Crippen molar-refractivity contribution in [2.75, 3.05) is 13.1 Å². The van der Waals surface area contributed by atoms with Crippen molar-refractivity contribution in [3.63, 3.8) is 0 Å². The second-order valence-corrected chi connectivity index (χ2v) is 6.79. The number of nitrogens with zero attached hydrogens (tertiary/aromatic N) is 2. The van der Waals surface area contributed by atoms with Crippen LogP contribution in [-0.4, -0.2) is 29.1 Å². The molecule has 4 nitrogen and oxygen atoms in total. The Bertz CT molecular complexity index is 606. The summed E-state index contributed by atoms with van der Waals surface area (Å²) in [5.74, 6) is 1.71. The predicted molar refractivity (Wildman–Crippen MR) is 87.2 cm³/mol. The van der Waals surface area contributed by atoms with Crippen LogP contribution < -0.4 is 0 Å². The van der Waals surface area contributed by atoms with Crippen LogP contribution in [0.25, 0.3) is 0 Å². The van der Waals surface area contributed by atoms with Gasteiger partial charge in [-0.05, 0) is 61.4 Å². The monoisotopic (exact) mass is 318 g/mol. The van der Waals surface area contributed by atoms with Crippen molar-refractivity contribution in [2.24, 2.45) is 0 Å². The van der Waals surface area contributed by atoms with Crippen molar-refractivity contribution in [3.05, 3.63) is 39.4 Å². The van der Waals surface area contributed by atoms with Gasteiger partial charge in [0.2, 0.25) is 5.91 Å². The molecule has 2 aromatic rings. The van der Waals surface area contributed by atoms with E-state index in [9.17, 15) is 4.79 Å².